The summed E-state index contributed by atoms with van der Waals surface area (Å²) >= 11 is 0. The van der Waals surface area contributed by atoms with Gasteiger partial charge in [0, 0.05) is 52.4 Å². The number of aliphatic hydroxyl groups is 4. The Morgan fingerprint density at radius 1 is 0.789 bits per heavy atom. The van der Waals surface area contributed by atoms with Crippen LogP contribution in [0.25, 0.3) is 0 Å². The molecule has 0 rings (SSSR count). The Kier molecular flexibility index (Phi) is 11.2. The van der Waals surface area contributed by atoms with Gasteiger partial charge in [0.05, 0.1) is 0 Å². The van der Waals surface area contributed by atoms with E-state index in [1.807, 2.05) is 0 Å². The standard InChI is InChI=1S/C10H27N5O4/c11-1-2-12-3-4-13-5-6-14-7-8-15-10(18,19)9(16)17/h9,12-19H,1-8,11H2. The van der Waals surface area contributed by atoms with Crippen LogP contribution in [0.5, 0.6) is 0 Å². The molecule has 0 aromatic rings. The molecule has 10 N–H and O–H groups in total. The van der Waals surface area contributed by atoms with Gasteiger partial charge in [-0.2, -0.15) is 0 Å². The van der Waals surface area contributed by atoms with Gasteiger partial charge in [0.15, 0.2) is 0 Å². The highest BCUT2D eigenvalue weighted by molar-refractivity contribution is 4.64. The third-order valence-electron chi connectivity index (χ3n) is 2.33. The Hall–Kier alpha value is -0.360. The number of rotatable bonds is 13. The highest BCUT2D eigenvalue weighted by Crippen LogP contribution is 1.97. The zero-order chi connectivity index (χ0) is 14.6. The van der Waals surface area contributed by atoms with Gasteiger partial charge in [-0.25, -0.2) is 0 Å². The quantitative estimate of drug-likeness (QED) is 0.119. The first-order valence-corrected chi connectivity index (χ1v) is 6.39. The first-order valence-electron chi connectivity index (χ1n) is 6.39. The minimum Gasteiger partial charge on any atom is -0.363 e. The van der Waals surface area contributed by atoms with Crippen molar-refractivity contribution in [1.29, 1.82) is 0 Å². The Morgan fingerprint density at radius 3 is 1.63 bits per heavy atom. The van der Waals surface area contributed by atoms with E-state index in [1.165, 1.54) is 0 Å². The predicted octanol–water partition coefficient (Wildman–Crippen LogP) is -4.75. The van der Waals surface area contributed by atoms with Crippen LogP contribution in [0.1, 0.15) is 0 Å². The molecule has 0 fully saturated rings. The summed E-state index contributed by atoms with van der Waals surface area (Å²) in [7, 11) is 0. The van der Waals surface area contributed by atoms with Gasteiger partial charge in [-0.3, -0.25) is 5.32 Å². The molecule has 0 aromatic heterocycles. The van der Waals surface area contributed by atoms with Crippen molar-refractivity contribution in [2.45, 2.75) is 12.2 Å². The molecule has 0 unspecified atom stereocenters. The fourth-order valence-electron chi connectivity index (χ4n) is 1.26. The van der Waals surface area contributed by atoms with Gasteiger partial charge in [0.1, 0.15) is 0 Å². The van der Waals surface area contributed by atoms with Crippen LogP contribution in [0, 0.1) is 0 Å². The Balaban J connectivity index is 3.19. The van der Waals surface area contributed by atoms with Crippen LogP contribution in [0.4, 0.5) is 0 Å². The van der Waals surface area contributed by atoms with Gasteiger partial charge in [-0.1, -0.05) is 0 Å². The van der Waals surface area contributed by atoms with Gasteiger partial charge < -0.3 is 42.1 Å². The highest BCUT2D eigenvalue weighted by atomic mass is 16.6. The average molecular weight is 281 g/mol. The zero-order valence-electron chi connectivity index (χ0n) is 11.1. The summed E-state index contributed by atoms with van der Waals surface area (Å²) in [5, 5.41) is 46.8. The summed E-state index contributed by atoms with van der Waals surface area (Å²) in [6.45, 7) is 5.35. The molecule has 116 valence electrons. The second-order valence-electron chi connectivity index (χ2n) is 4.07. The number of hydrogen-bond acceptors (Lipinski definition) is 9. The lowest BCUT2D eigenvalue weighted by molar-refractivity contribution is -0.305. The number of nitrogens with one attached hydrogen (secondary N) is 4. The molecule has 0 saturated heterocycles. The molecule has 9 heteroatoms. The molecule has 0 saturated carbocycles. The van der Waals surface area contributed by atoms with E-state index in [4.69, 9.17) is 26.2 Å². The SMILES string of the molecule is NCCNCCNCCNCCNC(O)(O)C(O)O. The minimum absolute atomic E-state index is 0.197. The van der Waals surface area contributed by atoms with E-state index in [1.54, 1.807) is 0 Å². The van der Waals surface area contributed by atoms with Crippen LogP contribution in [-0.4, -0.2) is 85.0 Å². The third kappa shape index (κ3) is 11.2. The maximum atomic E-state index is 9.02. The van der Waals surface area contributed by atoms with Crippen molar-refractivity contribution in [2.24, 2.45) is 5.73 Å². The smallest absolute Gasteiger partial charge is 0.276 e. The molecule has 0 aromatic carbocycles. The van der Waals surface area contributed by atoms with Crippen LogP contribution in [0.3, 0.4) is 0 Å². The Labute approximate surface area is 113 Å². The summed E-state index contributed by atoms with van der Waals surface area (Å²) in [5.74, 6) is -2.67. The second-order valence-corrected chi connectivity index (χ2v) is 4.07. The summed E-state index contributed by atoms with van der Waals surface area (Å²) in [4.78, 5) is 0. The molecule has 0 heterocycles. The van der Waals surface area contributed by atoms with Crippen molar-refractivity contribution in [2.75, 3.05) is 52.4 Å². The van der Waals surface area contributed by atoms with Crippen molar-refractivity contribution in [3.63, 3.8) is 0 Å². The van der Waals surface area contributed by atoms with E-state index in [0.717, 1.165) is 32.7 Å². The highest BCUT2D eigenvalue weighted by Gasteiger charge is 2.30. The van der Waals surface area contributed by atoms with Crippen molar-refractivity contribution in [3.8, 4) is 0 Å². The van der Waals surface area contributed by atoms with Crippen LogP contribution in [-0.2, 0) is 0 Å². The summed E-state index contributed by atoms with van der Waals surface area (Å²) in [5.41, 5.74) is 5.32. The number of nitrogens with two attached hydrogens (primary N) is 1. The lowest BCUT2D eigenvalue weighted by atomic mass is 10.4. The van der Waals surface area contributed by atoms with Crippen LogP contribution in [0.15, 0.2) is 0 Å². The second kappa shape index (κ2) is 11.5. The van der Waals surface area contributed by atoms with E-state index in [0.29, 0.717) is 13.1 Å². The molecule has 19 heavy (non-hydrogen) atoms. The first-order chi connectivity index (χ1) is 9.00. The Morgan fingerprint density at radius 2 is 1.21 bits per heavy atom. The lowest BCUT2D eigenvalue weighted by Gasteiger charge is -2.24. The van der Waals surface area contributed by atoms with E-state index in [-0.39, 0.29) is 6.54 Å². The minimum atomic E-state index is -2.67. The largest absolute Gasteiger partial charge is 0.363 e. The molecule has 9 nitrogen and oxygen atoms in total. The molecule has 0 radical (unpaired) electrons. The van der Waals surface area contributed by atoms with Gasteiger partial charge in [-0.15, -0.1) is 0 Å². The predicted molar refractivity (Wildman–Crippen MR) is 71.1 cm³/mol. The molecule has 0 spiro atoms. The monoisotopic (exact) mass is 281 g/mol. The molecule has 0 atom stereocenters. The number of aliphatic hydroxyl groups excluding tert-OH is 1. The maximum absolute atomic E-state index is 9.02. The fourth-order valence-corrected chi connectivity index (χ4v) is 1.26. The number of hydrogen-bond donors (Lipinski definition) is 9. The van der Waals surface area contributed by atoms with Crippen molar-refractivity contribution in [3.05, 3.63) is 0 Å². The van der Waals surface area contributed by atoms with E-state index < -0.39 is 12.2 Å². The van der Waals surface area contributed by atoms with E-state index in [2.05, 4.69) is 21.3 Å². The normalized spacial score (nSPS) is 12.3. The van der Waals surface area contributed by atoms with Gasteiger partial charge in [-0.05, 0) is 0 Å². The Bertz CT molecular complexity index is 206. The molecule has 0 amide bonds. The molecule has 0 aliphatic heterocycles. The topological polar surface area (TPSA) is 155 Å². The third-order valence-corrected chi connectivity index (χ3v) is 2.33. The van der Waals surface area contributed by atoms with Gasteiger partial charge in [0.25, 0.3) is 5.91 Å². The molecular weight excluding hydrogens is 254 g/mol. The molecular formula is C10H27N5O4. The maximum Gasteiger partial charge on any atom is 0.276 e. The van der Waals surface area contributed by atoms with Crippen LogP contribution >= 0.6 is 0 Å². The molecule has 0 aliphatic rings. The van der Waals surface area contributed by atoms with Crippen molar-refractivity contribution < 1.29 is 20.4 Å². The zero-order valence-corrected chi connectivity index (χ0v) is 11.1. The molecule has 0 aliphatic carbocycles. The summed E-state index contributed by atoms with van der Waals surface area (Å²) in [6.07, 6.45) is -2.24. The van der Waals surface area contributed by atoms with Gasteiger partial charge in [0.2, 0.25) is 6.29 Å². The van der Waals surface area contributed by atoms with Gasteiger partial charge >= 0.3 is 0 Å². The molecule has 0 bridgehead atoms. The van der Waals surface area contributed by atoms with Crippen LogP contribution in [0.2, 0.25) is 0 Å². The fraction of sp³-hybridized carbons (Fsp3) is 1.00. The van der Waals surface area contributed by atoms with Crippen molar-refractivity contribution in [1.82, 2.24) is 21.3 Å². The van der Waals surface area contributed by atoms with E-state index >= 15 is 0 Å². The summed E-state index contributed by atoms with van der Waals surface area (Å²) < 4.78 is 0. The lowest BCUT2D eigenvalue weighted by Crippen LogP contribution is -2.56. The summed E-state index contributed by atoms with van der Waals surface area (Å²) in [6, 6.07) is 0. The van der Waals surface area contributed by atoms with Crippen LogP contribution < -0.4 is 27.0 Å². The first kappa shape index (κ1) is 18.6. The van der Waals surface area contributed by atoms with E-state index in [9.17, 15) is 0 Å². The van der Waals surface area contributed by atoms with Crippen molar-refractivity contribution >= 4 is 0 Å². The average Bonchev–Trinajstić information content (AvgIpc) is 2.35.